The third-order valence-corrected chi connectivity index (χ3v) is 2.65. The number of carbonyl (C=O) groups is 2. The van der Waals surface area contributed by atoms with Crippen LogP contribution in [0.5, 0.6) is 0 Å². The van der Waals surface area contributed by atoms with Crippen LogP contribution in [0, 0.1) is 0 Å². The summed E-state index contributed by atoms with van der Waals surface area (Å²) in [4.78, 5) is 22.7. The minimum atomic E-state index is -0.719. The minimum Gasteiger partial charge on any atom is -0.459 e. The van der Waals surface area contributed by atoms with Crippen LogP contribution in [0.2, 0.25) is 5.02 Å². The van der Waals surface area contributed by atoms with Crippen LogP contribution in [-0.2, 0) is 14.2 Å². The fourth-order valence-electron chi connectivity index (χ4n) is 1.36. The smallest absolute Gasteiger partial charge is 0.459 e. The Morgan fingerprint density at radius 2 is 1.85 bits per heavy atom. The van der Waals surface area contributed by atoms with Gasteiger partial charge in [0.1, 0.15) is 6.10 Å². The van der Waals surface area contributed by atoms with Gasteiger partial charge in [-0.15, -0.1) is 0 Å². The van der Waals surface area contributed by atoms with E-state index < -0.39 is 12.1 Å². The molecule has 6 heteroatoms. The molecule has 1 rings (SSSR count). The van der Waals surface area contributed by atoms with Gasteiger partial charge in [0.15, 0.2) is 0 Å². The molecule has 0 amide bonds. The highest BCUT2D eigenvalue weighted by molar-refractivity contribution is 6.30. The summed E-state index contributed by atoms with van der Waals surface area (Å²) in [6.07, 6.45) is -0.686. The number of rotatable bonds is 6. The molecule has 0 spiro atoms. The summed E-state index contributed by atoms with van der Waals surface area (Å²) in [6.45, 7) is 3.81. The summed E-state index contributed by atoms with van der Waals surface area (Å²) in [5.41, 5.74) is 0.424. The molecular formula is C14H17ClO5. The number of benzene rings is 1. The summed E-state index contributed by atoms with van der Waals surface area (Å²) >= 11 is 5.73. The van der Waals surface area contributed by atoms with Crippen molar-refractivity contribution in [1.29, 1.82) is 0 Å². The Morgan fingerprint density at radius 3 is 2.45 bits per heavy atom. The lowest BCUT2D eigenvalue weighted by Crippen LogP contribution is -2.18. The molecule has 1 aromatic carbocycles. The molecular weight excluding hydrogens is 284 g/mol. The quantitative estimate of drug-likeness (QED) is 0.753. The second kappa shape index (κ2) is 8.43. The lowest BCUT2D eigenvalue weighted by Gasteiger charge is -2.13. The third kappa shape index (κ3) is 5.93. The van der Waals surface area contributed by atoms with Gasteiger partial charge in [-0.1, -0.05) is 11.6 Å². The van der Waals surface area contributed by atoms with Crippen molar-refractivity contribution in [3.05, 3.63) is 34.9 Å². The predicted octanol–water partition coefficient (Wildman–Crippen LogP) is 3.45. The van der Waals surface area contributed by atoms with Gasteiger partial charge < -0.3 is 14.2 Å². The van der Waals surface area contributed by atoms with Crippen LogP contribution < -0.4 is 0 Å². The molecule has 0 aliphatic rings. The largest absolute Gasteiger partial charge is 0.508 e. The predicted molar refractivity (Wildman–Crippen MR) is 73.9 cm³/mol. The number of ether oxygens (including phenoxy) is 3. The SMILES string of the molecule is CCOC(=O)OCCC(C)OC(=O)c1ccc(Cl)cc1. The molecule has 1 aromatic rings. The van der Waals surface area contributed by atoms with Crippen molar-refractivity contribution < 1.29 is 23.8 Å². The van der Waals surface area contributed by atoms with E-state index in [0.29, 0.717) is 17.0 Å². The number of esters is 1. The monoisotopic (exact) mass is 300 g/mol. The first-order valence-electron chi connectivity index (χ1n) is 6.29. The van der Waals surface area contributed by atoms with E-state index in [2.05, 4.69) is 4.74 Å². The van der Waals surface area contributed by atoms with Crippen LogP contribution in [0.25, 0.3) is 0 Å². The molecule has 0 N–H and O–H groups in total. The molecule has 0 aromatic heterocycles. The van der Waals surface area contributed by atoms with Gasteiger partial charge in [-0.05, 0) is 38.1 Å². The van der Waals surface area contributed by atoms with Gasteiger partial charge in [0, 0.05) is 11.4 Å². The molecule has 1 unspecified atom stereocenters. The van der Waals surface area contributed by atoms with Gasteiger partial charge in [-0.3, -0.25) is 0 Å². The molecule has 0 fully saturated rings. The molecule has 110 valence electrons. The molecule has 0 saturated heterocycles. The van der Waals surface area contributed by atoms with Crippen LogP contribution in [0.3, 0.4) is 0 Å². The summed E-state index contributed by atoms with van der Waals surface area (Å²) < 4.78 is 14.6. The molecule has 1 atom stereocenters. The van der Waals surface area contributed by atoms with Crippen molar-refractivity contribution in [2.24, 2.45) is 0 Å². The van der Waals surface area contributed by atoms with E-state index in [-0.39, 0.29) is 19.3 Å². The molecule has 0 bridgehead atoms. The first-order chi connectivity index (χ1) is 9.52. The maximum absolute atomic E-state index is 11.8. The fraction of sp³-hybridized carbons (Fsp3) is 0.429. The maximum atomic E-state index is 11.8. The minimum absolute atomic E-state index is 0.133. The molecule has 0 aliphatic heterocycles. The highest BCUT2D eigenvalue weighted by Gasteiger charge is 2.13. The number of hydrogen-bond acceptors (Lipinski definition) is 5. The number of hydrogen-bond donors (Lipinski definition) is 0. The molecule has 0 aliphatic carbocycles. The standard InChI is InChI=1S/C14H17ClO5/c1-3-18-14(17)19-9-8-10(2)20-13(16)11-4-6-12(15)7-5-11/h4-7,10H,3,8-9H2,1-2H3. The summed E-state index contributed by atoms with van der Waals surface area (Å²) in [5, 5.41) is 0.553. The van der Waals surface area contributed by atoms with Gasteiger partial charge >= 0.3 is 12.1 Å². The molecule has 20 heavy (non-hydrogen) atoms. The summed E-state index contributed by atoms with van der Waals surface area (Å²) in [7, 11) is 0. The highest BCUT2D eigenvalue weighted by atomic mass is 35.5. The highest BCUT2D eigenvalue weighted by Crippen LogP contribution is 2.12. The average Bonchev–Trinajstić information content (AvgIpc) is 2.39. The summed E-state index contributed by atoms with van der Waals surface area (Å²) in [5.74, 6) is -0.440. The van der Waals surface area contributed by atoms with Crippen LogP contribution >= 0.6 is 11.6 Å². The Hall–Kier alpha value is -1.75. The normalized spacial score (nSPS) is 11.6. The van der Waals surface area contributed by atoms with E-state index in [9.17, 15) is 9.59 Å². The Labute approximate surface area is 122 Å². The van der Waals surface area contributed by atoms with Crippen LogP contribution in [0.4, 0.5) is 4.79 Å². The van der Waals surface area contributed by atoms with Gasteiger partial charge in [0.2, 0.25) is 0 Å². The van der Waals surface area contributed by atoms with Gasteiger partial charge in [-0.2, -0.15) is 0 Å². The van der Waals surface area contributed by atoms with E-state index in [0.717, 1.165) is 0 Å². The van der Waals surface area contributed by atoms with Gasteiger partial charge in [0.05, 0.1) is 18.8 Å². The van der Waals surface area contributed by atoms with E-state index in [1.807, 2.05) is 0 Å². The van der Waals surface area contributed by atoms with E-state index in [1.165, 1.54) is 0 Å². The first kappa shape index (κ1) is 16.3. The fourth-order valence-corrected chi connectivity index (χ4v) is 1.49. The van der Waals surface area contributed by atoms with E-state index in [4.69, 9.17) is 21.1 Å². The molecule has 0 radical (unpaired) electrons. The van der Waals surface area contributed by atoms with E-state index >= 15 is 0 Å². The number of carbonyl (C=O) groups excluding carboxylic acids is 2. The lowest BCUT2D eigenvalue weighted by atomic mass is 10.2. The zero-order valence-electron chi connectivity index (χ0n) is 11.4. The summed E-state index contributed by atoms with van der Waals surface area (Å²) in [6, 6.07) is 6.42. The third-order valence-electron chi connectivity index (χ3n) is 2.39. The number of halogens is 1. The Morgan fingerprint density at radius 1 is 1.20 bits per heavy atom. The zero-order chi connectivity index (χ0) is 15.0. The average molecular weight is 301 g/mol. The Balaban J connectivity index is 2.31. The first-order valence-corrected chi connectivity index (χ1v) is 6.66. The second-order valence-electron chi connectivity index (χ2n) is 4.04. The van der Waals surface area contributed by atoms with Crippen molar-refractivity contribution in [1.82, 2.24) is 0 Å². The van der Waals surface area contributed by atoms with Crippen molar-refractivity contribution in [2.45, 2.75) is 26.4 Å². The van der Waals surface area contributed by atoms with Gasteiger partial charge in [0.25, 0.3) is 0 Å². The Kier molecular flexibility index (Phi) is 6.87. The maximum Gasteiger partial charge on any atom is 0.508 e. The molecule has 5 nitrogen and oxygen atoms in total. The molecule has 0 saturated carbocycles. The van der Waals surface area contributed by atoms with Crippen molar-refractivity contribution >= 4 is 23.7 Å². The topological polar surface area (TPSA) is 61.8 Å². The lowest BCUT2D eigenvalue weighted by molar-refractivity contribution is 0.0212. The second-order valence-corrected chi connectivity index (χ2v) is 4.48. The molecule has 0 heterocycles. The van der Waals surface area contributed by atoms with E-state index in [1.54, 1.807) is 38.1 Å². The van der Waals surface area contributed by atoms with Crippen LogP contribution in [-0.4, -0.2) is 31.4 Å². The van der Waals surface area contributed by atoms with Crippen LogP contribution in [0.15, 0.2) is 24.3 Å². The van der Waals surface area contributed by atoms with Crippen molar-refractivity contribution in [3.63, 3.8) is 0 Å². The van der Waals surface area contributed by atoms with Crippen molar-refractivity contribution in [3.8, 4) is 0 Å². The van der Waals surface area contributed by atoms with Gasteiger partial charge in [-0.25, -0.2) is 9.59 Å². The van der Waals surface area contributed by atoms with Crippen LogP contribution in [0.1, 0.15) is 30.6 Å². The van der Waals surface area contributed by atoms with Crippen molar-refractivity contribution in [2.75, 3.05) is 13.2 Å². The Bertz CT molecular complexity index is 443. The zero-order valence-corrected chi connectivity index (χ0v) is 12.2.